The average molecular weight is 329 g/mol. The minimum Gasteiger partial charge on any atom is -0.497 e. The van der Waals surface area contributed by atoms with E-state index in [0.29, 0.717) is 19.6 Å². The fraction of sp³-hybridized carbons (Fsp3) is 0.444. The van der Waals surface area contributed by atoms with Gasteiger partial charge < -0.3 is 14.8 Å². The van der Waals surface area contributed by atoms with Crippen molar-refractivity contribution in [3.8, 4) is 17.0 Å². The number of hydrogen-bond donors (Lipinski definition) is 1. The van der Waals surface area contributed by atoms with Crippen LogP contribution in [0.5, 0.6) is 5.75 Å². The molecule has 0 amide bonds. The number of fused-ring (bicyclic) bond motifs is 1. The summed E-state index contributed by atoms with van der Waals surface area (Å²) in [4.78, 5) is 11.7. The smallest absolute Gasteiger partial charge is 0.307 e. The van der Waals surface area contributed by atoms with Crippen LogP contribution < -0.4 is 10.1 Å². The van der Waals surface area contributed by atoms with Gasteiger partial charge in [-0.25, -0.2) is 0 Å². The van der Waals surface area contributed by atoms with Crippen molar-refractivity contribution in [2.24, 2.45) is 0 Å². The third kappa shape index (κ3) is 3.43. The van der Waals surface area contributed by atoms with E-state index in [1.165, 1.54) is 11.3 Å². The van der Waals surface area contributed by atoms with Crippen molar-refractivity contribution in [1.82, 2.24) is 15.1 Å². The Balaban J connectivity index is 1.91. The maximum Gasteiger partial charge on any atom is 0.307 e. The number of nitrogens with one attached hydrogen (secondary N) is 1. The van der Waals surface area contributed by atoms with Gasteiger partial charge in [-0.05, 0) is 19.1 Å². The molecule has 0 radical (unpaired) electrons. The lowest BCUT2D eigenvalue weighted by Gasteiger charge is -2.15. The summed E-state index contributed by atoms with van der Waals surface area (Å²) in [5, 5.41) is 8.18. The van der Waals surface area contributed by atoms with Gasteiger partial charge in [0.05, 0.1) is 32.4 Å². The molecule has 1 N–H and O–H groups in total. The zero-order valence-electron chi connectivity index (χ0n) is 14.2. The van der Waals surface area contributed by atoms with Crippen LogP contribution in [0.3, 0.4) is 0 Å². The molecule has 2 aromatic rings. The molecule has 0 bridgehead atoms. The van der Waals surface area contributed by atoms with E-state index in [9.17, 15) is 4.79 Å². The van der Waals surface area contributed by atoms with Gasteiger partial charge >= 0.3 is 5.97 Å². The summed E-state index contributed by atoms with van der Waals surface area (Å²) < 4.78 is 12.3. The van der Waals surface area contributed by atoms with Crippen LogP contribution >= 0.6 is 0 Å². The second-order valence-electron chi connectivity index (χ2n) is 5.71. The number of methoxy groups -OCH3 is 1. The summed E-state index contributed by atoms with van der Waals surface area (Å²) in [7, 11) is 1.66. The second-order valence-corrected chi connectivity index (χ2v) is 5.71. The topological polar surface area (TPSA) is 65.4 Å². The molecule has 0 fully saturated rings. The Labute approximate surface area is 141 Å². The predicted octanol–water partition coefficient (Wildman–Crippen LogP) is 2.16. The van der Waals surface area contributed by atoms with Gasteiger partial charge in [-0.3, -0.25) is 9.48 Å². The number of ether oxygens (including phenoxy) is 2. The van der Waals surface area contributed by atoms with Crippen LogP contribution in [0, 0.1) is 0 Å². The van der Waals surface area contributed by atoms with Crippen molar-refractivity contribution in [1.29, 1.82) is 0 Å². The molecule has 0 unspecified atom stereocenters. The summed E-state index contributed by atoms with van der Waals surface area (Å²) >= 11 is 0. The molecule has 24 heavy (non-hydrogen) atoms. The van der Waals surface area contributed by atoms with Gasteiger partial charge in [0.2, 0.25) is 0 Å². The molecule has 1 aliphatic heterocycles. The number of hydrogen-bond acceptors (Lipinski definition) is 5. The standard InChI is InChI=1S/C18H23N3O3/c1-3-24-17(22)8-10-21-16-7-9-19-12-15(16)18(20-21)13-5-4-6-14(11-13)23-2/h4-6,11,19H,3,7-10,12H2,1-2H3. The van der Waals surface area contributed by atoms with Gasteiger partial charge in [0.1, 0.15) is 5.75 Å². The first-order valence-electron chi connectivity index (χ1n) is 8.32. The van der Waals surface area contributed by atoms with E-state index in [4.69, 9.17) is 14.6 Å². The highest BCUT2D eigenvalue weighted by Crippen LogP contribution is 2.30. The fourth-order valence-electron chi connectivity index (χ4n) is 3.04. The van der Waals surface area contributed by atoms with Crippen molar-refractivity contribution in [3.63, 3.8) is 0 Å². The summed E-state index contributed by atoms with van der Waals surface area (Å²) in [6, 6.07) is 7.92. The van der Waals surface area contributed by atoms with Crippen LogP contribution in [0.25, 0.3) is 11.3 Å². The van der Waals surface area contributed by atoms with Crippen molar-refractivity contribution in [3.05, 3.63) is 35.5 Å². The van der Waals surface area contributed by atoms with Crippen molar-refractivity contribution >= 4 is 5.97 Å². The number of esters is 1. The number of aryl methyl sites for hydroxylation is 1. The van der Waals surface area contributed by atoms with E-state index in [1.807, 2.05) is 35.9 Å². The molecule has 6 heteroatoms. The Hall–Kier alpha value is -2.34. The molecule has 0 saturated heterocycles. The second kappa shape index (κ2) is 7.49. The number of carbonyl (C=O) groups is 1. The quantitative estimate of drug-likeness (QED) is 0.823. The van der Waals surface area contributed by atoms with Crippen LogP contribution in [-0.2, 0) is 29.0 Å². The first-order chi connectivity index (χ1) is 11.7. The lowest BCUT2D eigenvalue weighted by Crippen LogP contribution is -2.25. The lowest BCUT2D eigenvalue weighted by atomic mass is 10.0. The van der Waals surface area contributed by atoms with E-state index in [-0.39, 0.29) is 5.97 Å². The van der Waals surface area contributed by atoms with E-state index < -0.39 is 0 Å². The predicted molar refractivity (Wildman–Crippen MR) is 90.9 cm³/mol. The Morgan fingerprint density at radius 1 is 1.42 bits per heavy atom. The van der Waals surface area contributed by atoms with E-state index in [2.05, 4.69) is 5.32 Å². The van der Waals surface area contributed by atoms with Crippen molar-refractivity contribution in [2.75, 3.05) is 20.3 Å². The lowest BCUT2D eigenvalue weighted by molar-refractivity contribution is -0.143. The molecule has 0 aliphatic carbocycles. The van der Waals surface area contributed by atoms with E-state index in [1.54, 1.807) is 7.11 Å². The molecule has 0 spiro atoms. The normalized spacial score (nSPS) is 13.4. The van der Waals surface area contributed by atoms with Crippen LogP contribution in [0.15, 0.2) is 24.3 Å². The van der Waals surface area contributed by atoms with Crippen LogP contribution in [0.1, 0.15) is 24.6 Å². The van der Waals surface area contributed by atoms with E-state index >= 15 is 0 Å². The SMILES string of the molecule is CCOC(=O)CCn1nc(-c2cccc(OC)c2)c2c1CCNC2. The minimum atomic E-state index is -0.182. The zero-order valence-corrected chi connectivity index (χ0v) is 14.2. The number of nitrogens with zero attached hydrogens (tertiary/aromatic N) is 2. The van der Waals surface area contributed by atoms with Crippen LogP contribution in [-0.4, -0.2) is 36.0 Å². The molecule has 1 aromatic carbocycles. The van der Waals surface area contributed by atoms with Crippen LogP contribution in [0.4, 0.5) is 0 Å². The van der Waals surface area contributed by atoms with Crippen LogP contribution in [0.2, 0.25) is 0 Å². The zero-order chi connectivity index (χ0) is 16.9. The van der Waals surface area contributed by atoms with Crippen molar-refractivity contribution < 1.29 is 14.3 Å². The molecular weight excluding hydrogens is 306 g/mol. The molecular formula is C18H23N3O3. The third-order valence-electron chi connectivity index (χ3n) is 4.18. The third-order valence-corrected chi connectivity index (χ3v) is 4.18. The Morgan fingerprint density at radius 2 is 2.29 bits per heavy atom. The summed E-state index contributed by atoms with van der Waals surface area (Å²) in [6.45, 7) is 4.50. The number of benzene rings is 1. The molecule has 1 aliphatic rings. The highest BCUT2D eigenvalue weighted by Gasteiger charge is 2.22. The van der Waals surface area contributed by atoms with Gasteiger partial charge in [-0.15, -0.1) is 0 Å². The van der Waals surface area contributed by atoms with E-state index in [0.717, 1.165) is 36.5 Å². The first kappa shape index (κ1) is 16.5. The molecule has 3 rings (SSSR count). The number of carbonyl (C=O) groups excluding carboxylic acids is 1. The molecule has 2 heterocycles. The molecule has 128 valence electrons. The van der Waals surface area contributed by atoms with Gasteiger partial charge in [0, 0.05) is 36.3 Å². The van der Waals surface area contributed by atoms with Crippen molar-refractivity contribution in [2.45, 2.75) is 32.9 Å². The monoisotopic (exact) mass is 329 g/mol. The maximum absolute atomic E-state index is 11.7. The summed E-state index contributed by atoms with van der Waals surface area (Å²) in [5.74, 6) is 0.629. The Bertz CT molecular complexity index is 724. The Morgan fingerprint density at radius 3 is 3.08 bits per heavy atom. The number of rotatable bonds is 6. The molecule has 1 aromatic heterocycles. The molecule has 0 saturated carbocycles. The summed E-state index contributed by atoms with van der Waals surface area (Å²) in [5.41, 5.74) is 4.40. The highest BCUT2D eigenvalue weighted by molar-refractivity contribution is 5.69. The van der Waals surface area contributed by atoms with Gasteiger partial charge in [-0.2, -0.15) is 5.10 Å². The average Bonchev–Trinajstić information content (AvgIpc) is 2.99. The fourth-order valence-corrected chi connectivity index (χ4v) is 3.04. The minimum absolute atomic E-state index is 0.182. The highest BCUT2D eigenvalue weighted by atomic mass is 16.5. The van der Waals surface area contributed by atoms with Gasteiger partial charge in [0.25, 0.3) is 0 Å². The van der Waals surface area contributed by atoms with Gasteiger partial charge in [0.15, 0.2) is 0 Å². The molecule has 6 nitrogen and oxygen atoms in total. The first-order valence-corrected chi connectivity index (χ1v) is 8.32. The maximum atomic E-state index is 11.7. The molecule has 0 atom stereocenters. The van der Waals surface area contributed by atoms with Gasteiger partial charge in [-0.1, -0.05) is 12.1 Å². The number of aromatic nitrogens is 2. The summed E-state index contributed by atoms with van der Waals surface area (Å²) in [6.07, 6.45) is 1.25. The Kier molecular flexibility index (Phi) is 5.15. The largest absolute Gasteiger partial charge is 0.497 e.